The van der Waals surface area contributed by atoms with Gasteiger partial charge in [0.25, 0.3) is 0 Å². The molecule has 1 aliphatic rings. The maximum atomic E-state index is 12.7. The van der Waals surface area contributed by atoms with Crippen molar-refractivity contribution in [3.63, 3.8) is 0 Å². The summed E-state index contributed by atoms with van der Waals surface area (Å²) in [5.41, 5.74) is 2.92. The molecule has 3 rings (SSSR count). The number of amides is 2. The molecule has 3 N–H and O–H groups in total. The van der Waals surface area contributed by atoms with Crippen molar-refractivity contribution >= 4 is 36.2 Å². The van der Waals surface area contributed by atoms with Crippen molar-refractivity contribution in [3.8, 4) is 0 Å². The summed E-state index contributed by atoms with van der Waals surface area (Å²) in [5.74, 6) is -1.95. The van der Waals surface area contributed by atoms with E-state index in [1.807, 2.05) is 24.3 Å². The number of benzene rings is 2. The summed E-state index contributed by atoms with van der Waals surface area (Å²) in [4.78, 5) is 48.4. The minimum absolute atomic E-state index is 0. The Morgan fingerprint density at radius 3 is 1.42 bits per heavy atom. The Bertz CT molecular complexity index is 959. The highest BCUT2D eigenvalue weighted by atomic mass is 35.5. The van der Waals surface area contributed by atoms with Crippen molar-refractivity contribution in [2.75, 3.05) is 40.4 Å². The van der Waals surface area contributed by atoms with Gasteiger partial charge in [-0.3, -0.25) is 9.59 Å². The molecule has 1 fully saturated rings. The standard InChI is InChI=1S/C26H31N3O6.ClH/c1-34-25(32)19-7-3-17(4-8-19)11-13-28-23(30)21-15-27-16-22(21)24(31)29-14-12-18-5-9-20(10-6-18)26(33)35-2;/h3-10,21-22,27H,11-16H2,1-2H3,(H,28,30)(H,29,31);1H/t21-,22-;/m1./s1. The molecule has 2 aromatic rings. The lowest BCUT2D eigenvalue weighted by Crippen LogP contribution is -2.42. The van der Waals surface area contributed by atoms with Crippen LogP contribution in [0.2, 0.25) is 0 Å². The van der Waals surface area contributed by atoms with Gasteiger partial charge in [0, 0.05) is 26.2 Å². The fourth-order valence-corrected chi connectivity index (χ4v) is 4.00. The molecule has 0 bridgehead atoms. The molecule has 36 heavy (non-hydrogen) atoms. The molecule has 1 heterocycles. The van der Waals surface area contributed by atoms with E-state index in [2.05, 4.69) is 25.4 Å². The molecule has 0 spiro atoms. The molecule has 194 valence electrons. The summed E-state index contributed by atoms with van der Waals surface area (Å²) >= 11 is 0. The van der Waals surface area contributed by atoms with Crippen LogP contribution in [0.1, 0.15) is 31.8 Å². The van der Waals surface area contributed by atoms with E-state index in [1.54, 1.807) is 24.3 Å². The van der Waals surface area contributed by atoms with Crippen LogP contribution in [0.4, 0.5) is 0 Å². The smallest absolute Gasteiger partial charge is 0.337 e. The Labute approximate surface area is 216 Å². The second kappa shape index (κ2) is 14.2. The van der Waals surface area contributed by atoms with Crippen LogP contribution in [0.25, 0.3) is 0 Å². The van der Waals surface area contributed by atoms with Crippen molar-refractivity contribution in [1.82, 2.24) is 16.0 Å². The Balaban J connectivity index is 0.00000456. The number of methoxy groups -OCH3 is 2. The summed E-state index contributed by atoms with van der Waals surface area (Å²) in [7, 11) is 2.67. The van der Waals surface area contributed by atoms with Gasteiger partial charge in [-0.2, -0.15) is 0 Å². The third-order valence-corrected chi connectivity index (χ3v) is 6.06. The molecule has 10 heteroatoms. The van der Waals surface area contributed by atoms with E-state index < -0.39 is 11.8 Å². The predicted octanol–water partition coefficient (Wildman–Crippen LogP) is 1.53. The average molecular weight is 518 g/mol. The lowest BCUT2D eigenvalue weighted by molar-refractivity contribution is -0.132. The van der Waals surface area contributed by atoms with Gasteiger partial charge in [0.1, 0.15) is 0 Å². The molecular formula is C26H32ClN3O6. The number of carbonyl (C=O) groups excluding carboxylic acids is 4. The van der Waals surface area contributed by atoms with E-state index in [1.165, 1.54) is 14.2 Å². The van der Waals surface area contributed by atoms with Crippen molar-refractivity contribution in [2.45, 2.75) is 12.8 Å². The van der Waals surface area contributed by atoms with Gasteiger partial charge in [0.2, 0.25) is 11.8 Å². The zero-order chi connectivity index (χ0) is 25.2. The van der Waals surface area contributed by atoms with Crippen LogP contribution < -0.4 is 16.0 Å². The number of carbonyl (C=O) groups is 4. The molecule has 1 saturated heterocycles. The summed E-state index contributed by atoms with van der Waals surface area (Å²) in [6.07, 6.45) is 1.22. The zero-order valence-electron chi connectivity index (χ0n) is 20.4. The summed E-state index contributed by atoms with van der Waals surface area (Å²) in [6, 6.07) is 14.1. The fraction of sp³-hybridized carbons (Fsp3) is 0.385. The highest BCUT2D eigenvalue weighted by molar-refractivity contribution is 5.90. The van der Waals surface area contributed by atoms with E-state index in [-0.39, 0.29) is 36.2 Å². The zero-order valence-corrected chi connectivity index (χ0v) is 21.2. The fourth-order valence-electron chi connectivity index (χ4n) is 4.00. The number of hydrogen-bond donors (Lipinski definition) is 3. The average Bonchev–Trinajstić information content (AvgIpc) is 3.39. The molecule has 2 aromatic carbocycles. The Hall–Kier alpha value is -3.43. The van der Waals surface area contributed by atoms with E-state index >= 15 is 0 Å². The minimum atomic E-state index is -0.434. The normalized spacial score (nSPS) is 16.4. The molecule has 0 aromatic heterocycles. The van der Waals surface area contributed by atoms with E-state index in [0.29, 0.717) is 50.1 Å². The maximum absolute atomic E-state index is 12.7. The molecule has 0 aliphatic carbocycles. The molecule has 0 unspecified atom stereocenters. The van der Waals surface area contributed by atoms with Crippen LogP contribution in [0.15, 0.2) is 48.5 Å². The number of halogens is 1. The van der Waals surface area contributed by atoms with Gasteiger partial charge in [0.05, 0.1) is 37.2 Å². The highest BCUT2D eigenvalue weighted by Gasteiger charge is 2.37. The third-order valence-electron chi connectivity index (χ3n) is 6.06. The van der Waals surface area contributed by atoms with Gasteiger partial charge in [-0.25, -0.2) is 9.59 Å². The van der Waals surface area contributed by atoms with Gasteiger partial charge in [-0.1, -0.05) is 24.3 Å². The Morgan fingerprint density at radius 1 is 0.722 bits per heavy atom. The van der Waals surface area contributed by atoms with Crippen molar-refractivity contribution in [3.05, 3.63) is 70.8 Å². The van der Waals surface area contributed by atoms with Gasteiger partial charge in [-0.15, -0.1) is 12.4 Å². The number of hydrogen-bond acceptors (Lipinski definition) is 7. The number of nitrogens with one attached hydrogen (secondary N) is 3. The second-order valence-electron chi connectivity index (χ2n) is 8.33. The lowest BCUT2D eigenvalue weighted by atomic mass is 9.94. The third kappa shape index (κ3) is 7.79. The summed E-state index contributed by atoms with van der Waals surface area (Å²) in [5, 5.41) is 8.97. The van der Waals surface area contributed by atoms with Crippen LogP contribution >= 0.6 is 12.4 Å². The van der Waals surface area contributed by atoms with Gasteiger partial charge < -0.3 is 25.4 Å². The van der Waals surface area contributed by atoms with Crippen molar-refractivity contribution in [2.24, 2.45) is 11.8 Å². The number of esters is 2. The van der Waals surface area contributed by atoms with Crippen LogP contribution in [-0.4, -0.2) is 64.2 Å². The minimum Gasteiger partial charge on any atom is -0.465 e. The SMILES string of the molecule is COC(=O)c1ccc(CCNC(=O)[C@@H]2CNC[C@H]2C(=O)NCCc2ccc(C(=O)OC)cc2)cc1.Cl. The molecular weight excluding hydrogens is 486 g/mol. The van der Waals surface area contributed by atoms with Crippen LogP contribution in [-0.2, 0) is 31.9 Å². The van der Waals surface area contributed by atoms with Crippen molar-refractivity contribution in [1.29, 1.82) is 0 Å². The summed E-state index contributed by atoms with van der Waals surface area (Å²) in [6.45, 7) is 1.77. The molecule has 2 amide bonds. The van der Waals surface area contributed by atoms with Crippen LogP contribution in [0.3, 0.4) is 0 Å². The summed E-state index contributed by atoms with van der Waals surface area (Å²) < 4.78 is 9.38. The lowest BCUT2D eigenvalue weighted by Gasteiger charge is -2.18. The van der Waals surface area contributed by atoms with Gasteiger partial charge in [0.15, 0.2) is 0 Å². The first-order valence-electron chi connectivity index (χ1n) is 11.5. The van der Waals surface area contributed by atoms with Crippen LogP contribution in [0, 0.1) is 11.8 Å². The largest absolute Gasteiger partial charge is 0.465 e. The molecule has 0 saturated carbocycles. The molecule has 0 radical (unpaired) electrons. The highest BCUT2D eigenvalue weighted by Crippen LogP contribution is 2.17. The number of ether oxygens (including phenoxy) is 2. The quantitative estimate of drug-likeness (QED) is 0.408. The maximum Gasteiger partial charge on any atom is 0.337 e. The van der Waals surface area contributed by atoms with E-state index in [9.17, 15) is 19.2 Å². The molecule has 9 nitrogen and oxygen atoms in total. The second-order valence-corrected chi connectivity index (χ2v) is 8.33. The monoisotopic (exact) mass is 517 g/mol. The van der Waals surface area contributed by atoms with E-state index in [4.69, 9.17) is 0 Å². The van der Waals surface area contributed by atoms with Crippen LogP contribution in [0.5, 0.6) is 0 Å². The Morgan fingerprint density at radius 2 is 1.08 bits per heavy atom. The first kappa shape index (κ1) is 28.8. The molecule has 1 aliphatic heterocycles. The predicted molar refractivity (Wildman–Crippen MR) is 136 cm³/mol. The van der Waals surface area contributed by atoms with Crippen molar-refractivity contribution < 1.29 is 28.7 Å². The number of rotatable bonds is 10. The topological polar surface area (TPSA) is 123 Å². The Kier molecular flexibility index (Phi) is 11.4. The first-order chi connectivity index (χ1) is 16.9. The van der Waals surface area contributed by atoms with Gasteiger partial charge in [-0.05, 0) is 48.2 Å². The van der Waals surface area contributed by atoms with E-state index in [0.717, 1.165) is 11.1 Å². The van der Waals surface area contributed by atoms with Gasteiger partial charge >= 0.3 is 11.9 Å². The molecule has 2 atom stereocenters. The first-order valence-corrected chi connectivity index (χ1v) is 11.5.